The van der Waals surface area contributed by atoms with Crippen molar-refractivity contribution in [2.45, 2.75) is 25.7 Å². The molecule has 4 nitrogen and oxygen atoms in total. The number of carbonyl (C=O) groups is 1. The minimum absolute atomic E-state index is 0.0718. The van der Waals surface area contributed by atoms with E-state index in [4.69, 9.17) is 9.84 Å². The first-order valence-electron chi connectivity index (χ1n) is 7.27. The minimum atomic E-state index is -1.03. The number of ether oxygens (including phenoxy) is 1. The van der Waals surface area contributed by atoms with Crippen LogP contribution in [0, 0.1) is 5.92 Å². The Bertz CT molecular complexity index is 712. The normalized spacial score (nSPS) is 23.5. The maximum absolute atomic E-state index is 10.6. The summed E-state index contributed by atoms with van der Waals surface area (Å²) in [7, 11) is 0. The zero-order valence-corrected chi connectivity index (χ0v) is 12.4. The number of benzene rings is 1. The molecule has 0 aromatic heterocycles. The van der Waals surface area contributed by atoms with Gasteiger partial charge in [0.1, 0.15) is 17.3 Å². The highest BCUT2D eigenvalue weighted by molar-refractivity contribution is 5.85. The second kappa shape index (κ2) is 5.37. The third kappa shape index (κ3) is 2.52. The highest BCUT2D eigenvalue weighted by Gasteiger charge is 2.36. The van der Waals surface area contributed by atoms with Gasteiger partial charge in [-0.3, -0.25) is 0 Å². The molecule has 0 amide bonds. The molecule has 1 aromatic carbocycles. The fourth-order valence-electron chi connectivity index (χ4n) is 3.25. The first kappa shape index (κ1) is 14.4. The van der Waals surface area contributed by atoms with Crippen LogP contribution in [0.5, 0.6) is 11.5 Å². The van der Waals surface area contributed by atoms with E-state index in [1.807, 2.05) is 0 Å². The number of carboxylic acid groups (broad SMARTS) is 1. The first-order chi connectivity index (χ1) is 10.5. The molecule has 4 heteroatoms. The number of hydrogen-bond acceptors (Lipinski definition) is 3. The molecule has 0 saturated carbocycles. The minimum Gasteiger partial charge on any atom is -0.507 e. The van der Waals surface area contributed by atoms with Crippen LogP contribution in [0.25, 0.3) is 6.08 Å². The second-order valence-electron chi connectivity index (χ2n) is 5.88. The predicted molar refractivity (Wildman–Crippen MR) is 83.8 cm³/mol. The molecule has 0 bridgehead atoms. The van der Waals surface area contributed by atoms with Crippen LogP contribution in [0.15, 0.2) is 42.2 Å². The van der Waals surface area contributed by atoms with Gasteiger partial charge in [0.15, 0.2) is 0 Å². The zero-order valence-electron chi connectivity index (χ0n) is 12.4. The van der Waals surface area contributed by atoms with Gasteiger partial charge in [0.25, 0.3) is 0 Å². The van der Waals surface area contributed by atoms with Gasteiger partial charge in [-0.05, 0) is 43.5 Å². The Morgan fingerprint density at radius 3 is 2.95 bits per heavy atom. The summed E-state index contributed by atoms with van der Waals surface area (Å²) in [5.74, 6) is 0.622. The van der Waals surface area contributed by atoms with Gasteiger partial charge in [-0.25, -0.2) is 4.79 Å². The molecule has 0 unspecified atom stereocenters. The monoisotopic (exact) mass is 298 g/mol. The molecule has 2 aliphatic rings. The van der Waals surface area contributed by atoms with E-state index in [0.717, 1.165) is 24.5 Å². The van der Waals surface area contributed by atoms with Crippen molar-refractivity contribution >= 4 is 12.0 Å². The predicted octanol–water partition coefficient (Wildman–Crippen LogP) is 3.84. The number of aliphatic carboxylic acids is 1. The van der Waals surface area contributed by atoms with Gasteiger partial charge < -0.3 is 14.9 Å². The smallest absolute Gasteiger partial charge is 0.328 e. The van der Waals surface area contributed by atoms with Crippen LogP contribution >= 0.6 is 0 Å². The average molecular weight is 298 g/mol. The third-order valence-corrected chi connectivity index (χ3v) is 4.30. The molecule has 1 aliphatic carbocycles. The summed E-state index contributed by atoms with van der Waals surface area (Å²) < 4.78 is 5.80. The van der Waals surface area contributed by atoms with Crippen LogP contribution < -0.4 is 4.74 Å². The van der Waals surface area contributed by atoms with E-state index in [9.17, 15) is 9.90 Å². The van der Waals surface area contributed by atoms with Crippen molar-refractivity contribution in [1.82, 2.24) is 0 Å². The van der Waals surface area contributed by atoms with E-state index in [-0.39, 0.29) is 17.6 Å². The van der Waals surface area contributed by atoms with Gasteiger partial charge >= 0.3 is 5.97 Å². The van der Waals surface area contributed by atoms with Gasteiger partial charge in [0, 0.05) is 23.5 Å². The molecule has 2 N–H and O–H groups in total. The summed E-state index contributed by atoms with van der Waals surface area (Å²) in [5, 5.41) is 19.1. The standard InChI is InChI=1S/C18H18O4/c1-10-3-5-13-11(2)22-16-9-12(4-6-17(20)21)8-15(19)18(16)14(13)7-10/h4,6-9,13-14,19H,2-3,5H2,1H3,(H,20,21)/b6-4-/t13-,14+/m0/s1. The fourth-order valence-corrected chi connectivity index (χ4v) is 3.25. The van der Waals surface area contributed by atoms with Crippen LogP contribution in [0.4, 0.5) is 0 Å². The molecule has 0 fully saturated rings. The van der Waals surface area contributed by atoms with Crippen LogP contribution in [0.2, 0.25) is 0 Å². The van der Waals surface area contributed by atoms with Crippen LogP contribution in [-0.2, 0) is 4.79 Å². The highest BCUT2D eigenvalue weighted by atomic mass is 16.5. The summed E-state index contributed by atoms with van der Waals surface area (Å²) in [6, 6.07) is 3.32. The number of aromatic hydroxyl groups is 1. The lowest BCUT2D eigenvalue weighted by atomic mass is 9.74. The van der Waals surface area contributed by atoms with Crippen molar-refractivity contribution in [1.29, 1.82) is 0 Å². The summed E-state index contributed by atoms with van der Waals surface area (Å²) in [4.78, 5) is 10.6. The van der Waals surface area contributed by atoms with Crippen LogP contribution in [0.1, 0.15) is 36.8 Å². The molecule has 0 spiro atoms. The maximum atomic E-state index is 10.6. The van der Waals surface area contributed by atoms with Crippen molar-refractivity contribution in [2.24, 2.45) is 5.92 Å². The Balaban J connectivity index is 2.08. The molecule has 1 aromatic rings. The molecule has 0 radical (unpaired) electrons. The summed E-state index contributed by atoms with van der Waals surface area (Å²) in [6.45, 7) is 6.10. The molecular formula is C18H18O4. The summed E-state index contributed by atoms with van der Waals surface area (Å²) in [5.41, 5.74) is 2.65. The Morgan fingerprint density at radius 1 is 1.45 bits per heavy atom. The first-order valence-corrected chi connectivity index (χ1v) is 7.27. The topological polar surface area (TPSA) is 66.8 Å². The van der Waals surface area contributed by atoms with Crippen molar-refractivity contribution in [3.8, 4) is 11.5 Å². The highest BCUT2D eigenvalue weighted by Crippen LogP contribution is 2.51. The molecule has 1 heterocycles. The average Bonchev–Trinajstić information content (AvgIpc) is 2.44. The van der Waals surface area contributed by atoms with E-state index >= 15 is 0 Å². The Morgan fingerprint density at radius 2 is 2.23 bits per heavy atom. The Kier molecular flexibility index (Phi) is 3.53. The van der Waals surface area contributed by atoms with Crippen LogP contribution in [-0.4, -0.2) is 16.2 Å². The molecule has 0 saturated heterocycles. The number of phenols is 1. The van der Waals surface area contributed by atoms with Crippen molar-refractivity contribution in [3.63, 3.8) is 0 Å². The summed E-state index contributed by atoms with van der Waals surface area (Å²) >= 11 is 0. The largest absolute Gasteiger partial charge is 0.507 e. The summed E-state index contributed by atoms with van der Waals surface area (Å²) in [6.07, 6.45) is 6.62. The van der Waals surface area contributed by atoms with E-state index in [1.54, 1.807) is 12.1 Å². The zero-order chi connectivity index (χ0) is 15.9. The van der Waals surface area contributed by atoms with E-state index in [2.05, 4.69) is 19.6 Å². The van der Waals surface area contributed by atoms with Crippen LogP contribution in [0.3, 0.4) is 0 Å². The second-order valence-corrected chi connectivity index (χ2v) is 5.88. The fraction of sp³-hybridized carbons (Fsp3) is 0.278. The number of fused-ring (bicyclic) bond motifs is 3. The molecule has 2 atom stereocenters. The van der Waals surface area contributed by atoms with Crippen molar-refractivity contribution in [3.05, 3.63) is 53.3 Å². The quantitative estimate of drug-likeness (QED) is 0.643. The molecular weight excluding hydrogens is 280 g/mol. The molecule has 3 rings (SSSR count). The lowest BCUT2D eigenvalue weighted by Crippen LogP contribution is -2.25. The van der Waals surface area contributed by atoms with Gasteiger partial charge in [-0.1, -0.05) is 18.2 Å². The van der Waals surface area contributed by atoms with Crippen molar-refractivity contribution < 1.29 is 19.7 Å². The number of carboxylic acids is 1. The van der Waals surface area contributed by atoms with Gasteiger partial charge in [0.05, 0.1) is 0 Å². The Labute approximate surface area is 129 Å². The number of phenolic OH excluding ortho intramolecular Hbond substituents is 1. The number of rotatable bonds is 2. The lowest BCUT2D eigenvalue weighted by Gasteiger charge is -2.36. The molecule has 1 aliphatic heterocycles. The Hall–Kier alpha value is -2.49. The third-order valence-electron chi connectivity index (χ3n) is 4.30. The number of hydrogen-bond donors (Lipinski definition) is 2. The van der Waals surface area contributed by atoms with E-state index < -0.39 is 5.97 Å². The maximum Gasteiger partial charge on any atom is 0.328 e. The van der Waals surface area contributed by atoms with Crippen molar-refractivity contribution in [2.75, 3.05) is 0 Å². The lowest BCUT2D eigenvalue weighted by molar-refractivity contribution is -0.131. The van der Waals surface area contributed by atoms with Gasteiger partial charge in [-0.15, -0.1) is 0 Å². The number of allylic oxidation sites excluding steroid dienone is 3. The van der Waals surface area contributed by atoms with E-state index in [0.29, 0.717) is 17.1 Å². The molecule has 114 valence electrons. The van der Waals surface area contributed by atoms with Gasteiger partial charge in [0.2, 0.25) is 0 Å². The SMILES string of the molecule is C=C1Oc2cc(/C=C\C(=O)O)cc(O)c2[C@@H]2C=C(C)CC[C@@H]12. The molecule has 22 heavy (non-hydrogen) atoms. The van der Waals surface area contributed by atoms with Gasteiger partial charge in [-0.2, -0.15) is 0 Å². The van der Waals surface area contributed by atoms with E-state index in [1.165, 1.54) is 11.6 Å².